The Labute approximate surface area is 114 Å². The van der Waals surface area contributed by atoms with E-state index < -0.39 is 0 Å². The number of benzene rings is 1. The van der Waals surface area contributed by atoms with Crippen LogP contribution in [0.25, 0.3) is 0 Å². The number of nitrogens with two attached hydrogens (primary N) is 1. The molecule has 104 valence electrons. The van der Waals surface area contributed by atoms with Crippen LogP contribution in [0.4, 0.5) is 17.1 Å². The lowest BCUT2D eigenvalue weighted by molar-refractivity contribution is -0.115. The number of hydrogen-bond donors (Lipinski definition) is 3. The number of amides is 1. The summed E-state index contributed by atoms with van der Waals surface area (Å²) in [7, 11) is 0. The average Bonchev–Trinajstić information content (AvgIpc) is 2.70. The molecule has 0 aromatic heterocycles. The Morgan fingerprint density at radius 2 is 2.05 bits per heavy atom. The van der Waals surface area contributed by atoms with E-state index in [2.05, 4.69) is 31.4 Å². The van der Waals surface area contributed by atoms with Crippen molar-refractivity contribution in [3.8, 4) is 0 Å². The first-order valence-electron chi connectivity index (χ1n) is 7.03. The number of carbonyl (C=O) groups is 1. The number of carbonyl (C=O) groups excluding carboxylic acids is 1. The standard InChI is InChI=1S/C15H23N3O/c1-4-10(5-2)9(3)17-14-8-13-11(6-12(14)16)7-15(19)18-13/h6,8-10,17H,4-5,7,16H2,1-3H3,(H,18,19). The third-order valence-corrected chi connectivity index (χ3v) is 4.04. The van der Waals surface area contributed by atoms with Crippen molar-refractivity contribution in [3.05, 3.63) is 17.7 Å². The molecule has 1 aliphatic heterocycles. The van der Waals surface area contributed by atoms with Crippen molar-refractivity contribution in [1.82, 2.24) is 0 Å². The van der Waals surface area contributed by atoms with Crippen molar-refractivity contribution in [2.45, 2.75) is 46.1 Å². The molecule has 2 rings (SSSR count). The van der Waals surface area contributed by atoms with E-state index in [0.717, 1.165) is 29.8 Å². The minimum absolute atomic E-state index is 0.0413. The van der Waals surface area contributed by atoms with Crippen LogP contribution < -0.4 is 16.4 Å². The van der Waals surface area contributed by atoms with Gasteiger partial charge in [0, 0.05) is 11.7 Å². The van der Waals surface area contributed by atoms with Gasteiger partial charge in [-0.3, -0.25) is 4.79 Å². The van der Waals surface area contributed by atoms with Gasteiger partial charge in [-0.25, -0.2) is 0 Å². The minimum Gasteiger partial charge on any atom is -0.397 e. The summed E-state index contributed by atoms with van der Waals surface area (Å²) in [6.45, 7) is 6.60. The highest BCUT2D eigenvalue weighted by atomic mass is 16.1. The Bertz CT molecular complexity index is 481. The average molecular weight is 261 g/mol. The van der Waals surface area contributed by atoms with E-state index in [0.29, 0.717) is 24.1 Å². The van der Waals surface area contributed by atoms with Gasteiger partial charge < -0.3 is 16.4 Å². The Morgan fingerprint density at radius 3 is 2.68 bits per heavy atom. The first-order chi connectivity index (χ1) is 9.05. The van der Waals surface area contributed by atoms with Gasteiger partial charge in [0.15, 0.2) is 0 Å². The van der Waals surface area contributed by atoms with E-state index in [1.54, 1.807) is 0 Å². The largest absolute Gasteiger partial charge is 0.397 e. The van der Waals surface area contributed by atoms with Crippen LogP contribution in [0.3, 0.4) is 0 Å². The summed E-state index contributed by atoms with van der Waals surface area (Å²) in [5, 5.41) is 6.34. The minimum atomic E-state index is 0.0413. The maximum absolute atomic E-state index is 11.4. The molecule has 1 amide bonds. The normalized spacial score (nSPS) is 15.3. The molecule has 1 aliphatic rings. The Balaban J connectivity index is 2.18. The highest BCUT2D eigenvalue weighted by Crippen LogP contribution is 2.32. The van der Waals surface area contributed by atoms with Crippen molar-refractivity contribution < 1.29 is 4.79 Å². The van der Waals surface area contributed by atoms with Gasteiger partial charge in [-0.05, 0) is 30.5 Å². The Hall–Kier alpha value is -1.71. The van der Waals surface area contributed by atoms with E-state index in [-0.39, 0.29) is 5.91 Å². The summed E-state index contributed by atoms with van der Waals surface area (Å²) in [6.07, 6.45) is 2.72. The first kappa shape index (κ1) is 13.7. The van der Waals surface area contributed by atoms with Crippen molar-refractivity contribution in [1.29, 1.82) is 0 Å². The summed E-state index contributed by atoms with van der Waals surface area (Å²) in [5.74, 6) is 0.668. The molecule has 0 bridgehead atoms. The fourth-order valence-corrected chi connectivity index (χ4v) is 2.78. The van der Waals surface area contributed by atoms with Crippen LogP contribution >= 0.6 is 0 Å². The van der Waals surface area contributed by atoms with E-state index >= 15 is 0 Å². The van der Waals surface area contributed by atoms with Crippen LogP contribution in [0, 0.1) is 5.92 Å². The second-order valence-corrected chi connectivity index (χ2v) is 5.33. The van der Waals surface area contributed by atoms with Gasteiger partial charge in [0.05, 0.1) is 17.8 Å². The van der Waals surface area contributed by atoms with E-state index in [4.69, 9.17) is 5.73 Å². The molecule has 4 nitrogen and oxygen atoms in total. The van der Waals surface area contributed by atoms with Gasteiger partial charge in [-0.2, -0.15) is 0 Å². The molecule has 1 unspecified atom stereocenters. The highest BCUT2D eigenvalue weighted by Gasteiger charge is 2.20. The predicted octanol–water partition coefficient (Wildman–Crippen LogP) is 3.00. The molecule has 1 aromatic rings. The summed E-state index contributed by atoms with van der Waals surface area (Å²) in [5.41, 5.74) is 9.58. The molecule has 0 radical (unpaired) electrons. The maximum Gasteiger partial charge on any atom is 0.228 e. The fraction of sp³-hybridized carbons (Fsp3) is 0.533. The van der Waals surface area contributed by atoms with E-state index in [1.165, 1.54) is 0 Å². The Morgan fingerprint density at radius 1 is 1.37 bits per heavy atom. The third-order valence-electron chi connectivity index (χ3n) is 4.04. The molecule has 0 spiro atoms. The van der Waals surface area contributed by atoms with Gasteiger partial charge in [0.1, 0.15) is 0 Å². The van der Waals surface area contributed by atoms with Crippen molar-refractivity contribution in [3.63, 3.8) is 0 Å². The van der Waals surface area contributed by atoms with Gasteiger partial charge in [0.2, 0.25) is 5.91 Å². The van der Waals surface area contributed by atoms with Gasteiger partial charge in [-0.15, -0.1) is 0 Å². The van der Waals surface area contributed by atoms with Crippen LogP contribution in [0.5, 0.6) is 0 Å². The van der Waals surface area contributed by atoms with Crippen LogP contribution in [-0.2, 0) is 11.2 Å². The van der Waals surface area contributed by atoms with Gasteiger partial charge >= 0.3 is 0 Å². The molecule has 4 heteroatoms. The lowest BCUT2D eigenvalue weighted by Crippen LogP contribution is -2.25. The SMILES string of the molecule is CCC(CC)C(C)Nc1cc2c(cc1N)CC(=O)N2. The number of rotatable bonds is 5. The zero-order chi connectivity index (χ0) is 14.0. The van der Waals surface area contributed by atoms with Gasteiger partial charge in [-0.1, -0.05) is 26.7 Å². The molecule has 1 atom stereocenters. The topological polar surface area (TPSA) is 67.1 Å². The summed E-state index contributed by atoms with van der Waals surface area (Å²) < 4.78 is 0. The molecule has 4 N–H and O–H groups in total. The second kappa shape index (κ2) is 5.51. The molecular weight excluding hydrogens is 238 g/mol. The predicted molar refractivity (Wildman–Crippen MR) is 80.3 cm³/mol. The van der Waals surface area contributed by atoms with Crippen LogP contribution in [0.2, 0.25) is 0 Å². The number of fused-ring (bicyclic) bond motifs is 1. The zero-order valence-corrected chi connectivity index (χ0v) is 11.9. The van der Waals surface area contributed by atoms with Crippen molar-refractivity contribution in [2.24, 2.45) is 5.92 Å². The molecule has 1 heterocycles. The van der Waals surface area contributed by atoms with Crippen molar-refractivity contribution >= 4 is 23.0 Å². The monoisotopic (exact) mass is 261 g/mol. The molecule has 19 heavy (non-hydrogen) atoms. The number of nitrogens with one attached hydrogen (secondary N) is 2. The maximum atomic E-state index is 11.4. The molecule has 0 aliphatic carbocycles. The molecule has 1 aromatic carbocycles. The number of nitrogen functional groups attached to an aromatic ring is 1. The number of hydrogen-bond acceptors (Lipinski definition) is 3. The fourth-order valence-electron chi connectivity index (χ4n) is 2.78. The number of anilines is 3. The smallest absolute Gasteiger partial charge is 0.228 e. The van der Waals surface area contributed by atoms with E-state index in [9.17, 15) is 4.79 Å². The molecule has 0 saturated carbocycles. The Kier molecular flexibility index (Phi) is 3.98. The summed E-state index contributed by atoms with van der Waals surface area (Å²) in [6, 6.07) is 4.22. The lowest BCUT2D eigenvalue weighted by Gasteiger charge is -2.24. The van der Waals surface area contributed by atoms with Gasteiger partial charge in [0.25, 0.3) is 0 Å². The molecule has 0 fully saturated rings. The highest BCUT2D eigenvalue weighted by molar-refractivity contribution is 6.00. The zero-order valence-electron chi connectivity index (χ0n) is 11.9. The third kappa shape index (κ3) is 2.83. The van der Waals surface area contributed by atoms with Crippen LogP contribution in [0.15, 0.2) is 12.1 Å². The quantitative estimate of drug-likeness (QED) is 0.714. The first-order valence-corrected chi connectivity index (χ1v) is 7.03. The van der Waals surface area contributed by atoms with Crippen LogP contribution in [0.1, 0.15) is 39.2 Å². The van der Waals surface area contributed by atoms with Crippen molar-refractivity contribution in [2.75, 3.05) is 16.4 Å². The lowest BCUT2D eigenvalue weighted by atomic mass is 9.95. The van der Waals surface area contributed by atoms with E-state index in [1.807, 2.05) is 12.1 Å². The van der Waals surface area contributed by atoms with Crippen LogP contribution in [-0.4, -0.2) is 11.9 Å². The molecule has 0 saturated heterocycles. The summed E-state index contributed by atoms with van der Waals surface area (Å²) in [4.78, 5) is 11.4. The second-order valence-electron chi connectivity index (χ2n) is 5.33. The summed E-state index contributed by atoms with van der Waals surface area (Å²) >= 11 is 0. The molecular formula is C15H23N3O.